The third-order valence-electron chi connectivity index (χ3n) is 4.57. The largest absolute Gasteiger partial charge is 0.494 e. The van der Waals surface area contributed by atoms with E-state index in [2.05, 4.69) is 10.6 Å². The van der Waals surface area contributed by atoms with Gasteiger partial charge in [-0.1, -0.05) is 29.8 Å². The monoisotopic (exact) mass is 464 g/mol. The van der Waals surface area contributed by atoms with E-state index in [4.69, 9.17) is 21.1 Å². The highest BCUT2D eigenvalue weighted by molar-refractivity contribution is 7.91. The maximum Gasteiger partial charge on any atom is 0.338 e. The number of carbonyl (C=O) groups excluding carboxylic acids is 2. The molecule has 0 aromatic heterocycles. The summed E-state index contributed by atoms with van der Waals surface area (Å²) in [6.07, 6.45) is 0. The van der Waals surface area contributed by atoms with E-state index in [0.29, 0.717) is 17.9 Å². The molecule has 1 aliphatic rings. The Kier molecular flexibility index (Phi) is 6.87. The van der Waals surface area contributed by atoms with Gasteiger partial charge in [0.05, 0.1) is 36.0 Å². The fourth-order valence-corrected chi connectivity index (χ4v) is 4.81. The van der Waals surface area contributed by atoms with Gasteiger partial charge in [-0.25, -0.2) is 18.0 Å². The van der Waals surface area contributed by atoms with E-state index in [9.17, 15) is 18.0 Å². The highest BCUT2D eigenvalue weighted by Gasteiger charge is 2.35. The normalized spacial score (nSPS) is 16.4. The molecule has 164 valence electrons. The summed E-state index contributed by atoms with van der Waals surface area (Å²) in [5.74, 6) is -0.750. The Morgan fingerprint density at radius 1 is 1.16 bits per heavy atom. The fourth-order valence-electron chi connectivity index (χ4n) is 3.19. The van der Waals surface area contributed by atoms with Gasteiger partial charge in [0.15, 0.2) is 9.84 Å². The van der Waals surface area contributed by atoms with Crippen LogP contribution >= 0.6 is 11.6 Å². The first kappa shape index (κ1) is 22.6. The second-order valence-corrected chi connectivity index (χ2v) is 9.06. The first-order valence-electron chi connectivity index (χ1n) is 9.35. The molecule has 0 saturated carbocycles. The van der Waals surface area contributed by atoms with Crippen LogP contribution in [0.15, 0.2) is 64.7 Å². The minimum Gasteiger partial charge on any atom is -0.494 e. The van der Waals surface area contributed by atoms with Crippen molar-refractivity contribution >= 4 is 33.4 Å². The van der Waals surface area contributed by atoms with Gasteiger partial charge in [-0.15, -0.1) is 0 Å². The number of hydrogen-bond acceptors (Lipinski definition) is 6. The molecule has 31 heavy (non-hydrogen) atoms. The van der Waals surface area contributed by atoms with Gasteiger partial charge < -0.3 is 20.1 Å². The molecule has 1 atom stereocenters. The number of methoxy groups -OCH3 is 1. The van der Waals surface area contributed by atoms with Crippen LogP contribution in [0, 0.1) is 0 Å². The lowest BCUT2D eigenvalue weighted by atomic mass is 9.95. The lowest BCUT2D eigenvalue weighted by Gasteiger charge is -2.29. The molecule has 3 rings (SSSR count). The number of halogens is 1. The highest BCUT2D eigenvalue weighted by Crippen LogP contribution is 2.30. The number of carbonyl (C=O) groups is 2. The van der Waals surface area contributed by atoms with E-state index in [1.54, 1.807) is 30.3 Å². The topological polar surface area (TPSA) is 111 Å². The van der Waals surface area contributed by atoms with Crippen LogP contribution in [0.5, 0.6) is 5.75 Å². The number of benzene rings is 2. The third-order valence-corrected chi connectivity index (χ3v) is 6.45. The number of sulfone groups is 1. The van der Waals surface area contributed by atoms with Crippen LogP contribution in [0.1, 0.15) is 18.5 Å². The molecule has 0 aliphatic carbocycles. The summed E-state index contributed by atoms with van der Waals surface area (Å²) >= 11 is 5.92. The molecule has 1 heterocycles. The molecule has 2 aromatic carbocycles. The summed E-state index contributed by atoms with van der Waals surface area (Å²) in [6, 6.07) is 11.0. The van der Waals surface area contributed by atoms with Crippen molar-refractivity contribution in [1.29, 1.82) is 0 Å². The summed E-state index contributed by atoms with van der Waals surface area (Å²) in [5.41, 5.74) is 0.502. The van der Waals surface area contributed by atoms with Crippen molar-refractivity contribution in [2.45, 2.75) is 17.9 Å². The molecule has 0 saturated heterocycles. The van der Waals surface area contributed by atoms with Crippen LogP contribution in [0.2, 0.25) is 5.02 Å². The number of ether oxygens (including phenoxy) is 2. The van der Waals surface area contributed by atoms with Crippen molar-refractivity contribution in [1.82, 2.24) is 10.6 Å². The Morgan fingerprint density at radius 2 is 1.87 bits per heavy atom. The fraction of sp³-hybridized carbons (Fsp3) is 0.238. The summed E-state index contributed by atoms with van der Waals surface area (Å²) in [6.45, 7) is 2.34. The predicted molar refractivity (Wildman–Crippen MR) is 115 cm³/mol. The predicted octanol–water partition coefficient (Wildman–Crippen LogP) is 2.99. The van der Waals surface area contributed by atoms with Gasteiger partial charge in [0.1, 0.15) is 5.75 Å². The molecule has 2 amide bonds. The van der Waals surface area contributed by atoms with E-state index >= 15 is 0 Å². The molecule has 0 spiro atoms. The Balaban J connectivity index is 2.05. The summed E-state index contributed by atoms with van der Waals surface area (Å²) in [5, 5.41) is 5.35. The second-order valence-electron chi connectivity index (χ2n) is 6.63. The zero-order chi connectivity index (χ0) is 22.6. The van der Waals surface area contributed by atoms with Crippen LogP contribution in [0.3, 0.4) is 0 Å². The van der Waals surface area contributed by atoms with Crippen molar-refractivity contribution in [2.75, 3.05) is 19.5 Å². The van der Waals surface area contributed by atoms with Crippen LogP contribution in [-0.2, 0) is 19.4 Å². The van der Waals surface area contributed by atoms with Gasteiger partial charge in [0.25, 0.3) is 0 Å². The van der Waals surface area contributed by atoms with Crippen molar-refractivity contribution in [3.63, 3.8) is 0 Å². The summed E-state index contributed by atoms with van der Waals surface area (Å²) in [7, 11) is -2.73. The number of amides is 2. The van der Waals surface area contributed by atoms with Gasteiger partial charge in [-0.05, 0) is 42.8 Å². The molecular weight excluding hydrogens is 444 g/mol. The van der Waals surface area contributed by atoms with Crippen LogP contribution in [0.25, 0.3) is 0 Å². The Bertz CT molecular complexity index is 1130. The molecule has 8 nitrogen and oxygen atoms in total. The number of esters is 1. The number of hydrogen-bond donors (Lipinski definition) is 2. The van der Waals surface area contributed by atoms with Gasteiger partial charge in [-0.2, -0.15) is 0 Å². The molecule has 2 N–H and O–H groups in total. The number of urea groups is 1. The smallest absolute Gasteiger partial charge is 0.338 e. The molecule has 0 radical (unpaired) electrons. The lowest BCUT2D eigenvalue weighted by Crippen LogP contribution is -2.47. The summed E-state index contributed by atoms with van der Waals surface area (Å²) < 4.78 is 36.2. The SMILES string of the molecule is CCOc1ccc([C@H]2NC(=O)NC(CS(=O)(=O)c3cccc(Cl)c3)=C2C(=O)OC)cc1. The molecule has 0 bridgehead atoms. The van der Waals surface area contributed by atoms with E-state index in [1.165, 1.54) is 25.3 Å². The quantitative estimate of drug-likeness (QED) is 0.609. The molecule has 2 aromatic rings. The minimum absolute atomic E-state index is 0.00290. The van der Waals surface area contributed by atoms with Gasteiger partial charge in [0.2, 0.25) is 0 Å². The lowest BCUT2D eigenvalue weighted by molar-refractivity contribution is -0.136. The number of nitrogens with one attached hydrogen (secondary N) is 2. The van der Waals surface area contributed by atoms with Crippen molar-refractivity contribution in [3.05, 3.63) is 70.4 Å². The first-order chi connectivity index (χ1) is 14.7. The highest BCUT2D eigenvalue weighted by atomic mass is 35.5. The van der Waals surface area contributed by atoms with E-state index in [-0.39, 0.29) is 21.2 Å². The van der Waals surface area contributed by atoms with E-state index < -0.39 is 33.6 Å². The van der Waals surface area contributed by atoms with Crippen LogP contribution < -0.4 is 15.4 Å². The van der Waals surface area contributed by atoms with Crippen LogP contribution in [-0.4, -0.2) is 39.9 Å². The molecule has 1 aliphatic heterocycles. The number of rotatable bonds is 7. The minimum atomic E-state index is -3.91. The van der Waals surface area contributed by atoms with Crippen molar-refractivity contribution < 1.29 is 27.5 Å². The van der Waals surface area contributed by atoms with Gasteiger partial charge >= 0.3 is 12.0 Å². The standard InChI is InChI=1S/C21H21ClN2O6S/c1-3-30-15-9-7-13(8-10-15)19-18(20(25)29-2)17(23-21(26)24-19)12-31(27,28)16-6-4-5-14(22)11-16/h4-11,19H,3,12H2,1-2H3,(H2,23,24,26)/t19-/m1/s1. The average molecular weight is 465 g/mol. The Labute approximate surface area is 185 Å². The van der Waals surface area contributed by atoms with Gasteiger partial charge in [0, 0.05) is 10.7 Å². The average Bonchev–Trinajstić information content (AvgIpc) is 2.73. The first-order valence-corrected chi connectivity index (χ1v) is 11.4. The maximum atomic E-state index is 12.9. The maximum absolute atomic E-state index is 12.9. The zero-order valence-corrected chi connectivity index (χ0v) is 18.4. The van der Waals surface area contributed by atoms with E-state index in [0.717, 1.165) is 0 Å². The zero-order valence-electron chi connectivity index (χ0n) is 16.8. The van der Waals surface area contributed by atoms with Crippen molar-refractivity contribution in [2.24, 2.45) is 0 Å². The van der Waals surface area contributed by atoms with Gasteiger partial charge in [-0.3, -0.25) is 0 Å². The molecule has 0 unspecified atom stereocenters. The Hall–Kier alpha value is -3.04. The Morgan fingerprint density at radius 3 is 2.48 bits per heavy atom. The molecule has 10 heteroatoms. The molecular formula is C21H21ClN2O6S. The van der Waals surface area contributed by atoms with Crippen molar-refractivity contribution in [3.8, 4) is 5.75 Å². The van der Waals surface area contributed by atoms with E-state index in [1.807, 2.05) is 6.92 Å². The molecule has 0 fully saturated rings. The summed E-state index contributed by atoms with van der Waals surface area (Å²) in [4.78, 5) is 24.9. The second kappa shape index (κ2) is 9.40. The third kappa shape index (κ3) is 5.18. The van der Waals surface area contributed by atoms with Crippen LogP contribution in [0.4, 0.5) is 4.79 Å².